The highest BCUT2D eigenvalue weighted by molar-refractivity contribution is 7.99. The molecule has 1 saturated heterocycles. The summed E-state index contributed by atoms with van der Waals surface area (Å²) in [6.45, 7) is 9.80. The molecule has 1 atom stereocenters. The van der Waals surface area contributed by atoms with E-state index in [4.69, 9.17) is 9.47 Å². The first-order valence-corrected chi connectivity index (χ1v) is 9.73. The van der Waals surface area contributed by atoms with Crippen LogP contribution in [0.5, 0.6) is 0 Å². The fourth-order valence-electron chi connectivity index (χ4n) is 2.67. The van der Waals surface area contributed by atoms with E-state index in [1.807, 2.05) is 13.8 Å². The largest absolute Gasteiger partial charge is 0.382 e. The predicted molar refractivity (Wildman–Crippen MR) is 95.5 cm³/mol. The first-order valence-electron chi connectivity index (χ1n) is 8.74. The van der Waals surface area contributed by atoms with Gasteiger partial charge in [0.25, 0.3) is 0 Å². The highest BCUT2D eigenvalue weighted by Crippen LogP contribution is 2.24. The highest BCUT2D eigenvalue weighted by atomic mass is 32.2. The number of hydrogen-bond acceptors (Lipinski definition) is 5. The smallest absolute Gasteiger partial charge is 0.230 e. The summed E-state index contributed by atoms with van der Waals surface area (Å²) >= 11 is 1.49. The maximum atomic E-state index is 12.0. The zero-order valence-corrected chi connectivity index (χ0v) is 15.8. The minimum atomic E-state index is 0.0403. The lowest BCUT2D eigenvalue weighted by Crippen LogP contribution is -2.27. The first kappa shape index (κ1) is 19.3. The first-order chi connectivity index (χ1) is 11.6. The van der Waals surface area contributed by atoms with Crippen molar-refractivity contribution in [3.63, 3.8) is 0 Å². The van der Waals surface area contributed by atoms with Crippen molar-refractivity contribution in [2.75, 3.05) is 32.1 Å². The van der Waals surface area contributed by atoms with E-state index in [0.29, 0.717) is 18.9 Å². The van der Waals surface area contributed by atoms with Crippen molar-refractivity contribution < 1.29 is 14.3 Å². The molecule has 2 rings (SSSR count). The molecule has 0 unspecified atom stereocenters. The third-order valence-electron chi connectivity index (χ3n) is 4.16. The van der Waals surface area contributed by atoms with Gasteiger partial charge in [-0.1, -0.05) is 11.8 Å². The number of carbonyl (C=O) groups excluding carboxylic acids is 1. The van der Waals surface area contributed by atoms with Gasteiger partial charge in [-0.15, -0.1) is 0 Å². The number of hydrogen-bond donors (Lipinski definition) is 1. The molecule has 0 aromatic carbocycles. The van der Waals surface area contributed by atoms with E-state index in [2.05, 4.69) is 21.8 Å². The van der Waals surface area contributed by atoms with Gasteiger partial charge in [0.15, 0.2) is 5.16 Å². The zero-order chi connectivity index (χ0) is 17.4. The lowest BCUT2D eigenvalue weighted by molar-refractivity contribution is -0.118. The molecular formula is C17H29N3O3S. The molecule has 0 spiro atoms. The van der Waals surface area contributed by atoms with E-state index in [1.165, 1.54) is 11.8 Å². The molecule has 1 aromatic heterocycles. The number of aromatic nitrogens is 2. The molecule has 24 heavy (non-hydrogen) atoms. The van der Waals surface area contributed by atoms with E-state index in [1.54, 1.807) is 0 Å². The number of ether oxygens (including phenoxy) is 2. The average molecular weight is 356 g/mol. The maximum absolute atomic E-state index is 12.0. The standard InChI is InChI=1S/C17H29N3O3S/c1-4-22-9-6-8-18-16(21)12-24-17-19-13(2)14(3)20(17)11-15-7-5-10-23-15/h15H,4-12H2,1-3H3,(H,18,21)/t15-/m0/s1. The summed E-state index contributed by atoms with van der Waals surface area (Å²) in [4.78, 5) is 16.6. The molecule has 1 aliphatic heterocycles. The molecule has 0 aliphatic carbocycles. The Morgan fingerprint density at radius 3 is 3.04 bits per heavy atom. The van der Waals surface area contributed by atoms with Crippen LogP contribution in [0.1, 0.15) is 37.6 Å². The molecule has 136 valence electrons. The number of nitrogens with zero attached hydrogens (tertiary/aromatic N) is 2. The number of thioether (sulfide) groups is 1. The Hall–Kier alpha value is -1.05. The number of aryl methyl sites for hydroxylation is 1. The van der Waals surface area contributed by atoms with Crippen molar-refractivity contribution in [2.45, 2.75) is 57.8 Å². The Bertz CT molecular complexity index is 527. The van der Waals surface area contributed by atoms with Crippen LogP contribution in [0.4, 0.5) is 0 Å². The van der Waals surface area contributed by atoms with Crippen LogP contribution in [0.25, 0.3) is 0 Å². The molecule has 0 radical (unpaired) electrons. The Balaban J connectivity index is 1.80. The number of carbonyl (C=O) groups is 1. The van der Waals surface area contributed by atoms with E-state index in [0.717, 1.165) is 55.6 Å². The van der Waals surface area contributed by atoms with Gasteiger partial charge in [0, 0.05) is 32.1 Å². The molecule has 0 bridgehead atoms. The molecular weight excluding hydrogens is 326 g/mol. The lowest BCUT2D eigenvalue weighted by Gasteiger charge is -2.14. The lowest BCUT2D eigenvalue weighted by atomic mass is 10.2. The van der Waals surface area contributed by atoms with Crippen LogP contribution in [0.3, 0.4) is 0 Å². The van der Waals surface area contributed by atoms with Gasteiger partial charge >= 0.3 is 0 Å². The minimum Gasteiger partial charge on any atom is -0.382 e. The van der Waals surface area contributed by atoms with E-state index in [9.17, 15) is 4.79 Å². The number of amides is 1. The SMILES string of the molecule is CCOCCCNC(=O)CSc1nc(C)c(C)n1C[C@@H]1CCCO1. The second kappa shape index (κ2) is 10.1. The van der Waals surface area contributed by atoms with Crippen LogP contribution in [0.2, 0.25) is 0 Å². The van der Waals surface area contributed by atoms with Crippen molar-refractivity contribution in [1.29, 1.82) is 0 Å². The summed E-state index contributed by atoms with van der Waals surface area (Å²) in [5.74, 6) is 0.425. The van der Waals surface area contributed by atoms with Crippen LogP contribution < -0.4 is 5.32 Å². The Labute approximate surface area is 148 Å². The van der Waals surface area contributed by atoms with Crippen molar-refractivity contribution in [2.24, 2.45) is 0 Å². The van der Waals surface area contributed by atoms with Gasteiger partial charge < -0.3 is 19.4 Å². The third-order valence-corrected chi connectivity index (χ3v) is 5.13. The van der Waals surface area contributed by atoms with E-state index >= 15 is 0 Å². The quantitative estimate of drug-likeness (QED) is 0.515. The Morgan fingerprint density at radius 1 is 1.50 bits per heavy atom. The molecule has 0 saturated carbocycles. The Kier molecular flexibility index (Phi) is 8.08. The van der Waals surface area contributed by atoms with E-state index < -0.39 is 0 Å². The van der Waals surface area contributed by atoms with Crippen molar-refractivity contribution in [3.05, 3.63) is 11.4 Å². The van der Waals surface area contributed by atoms with Gasteiger partial charge in [-0.2, -0.15) is 0 Å². The second-order valence-corrected chi connectivity index (χ2v) is 6.94. The van der Waals surface area contributed by atoms with Gasteiger partial charge in [0.05, 0.1) is 24.1 Å². The molecule has 1 fully saturated rings. The molecule has 7 heteroatoms. The summed E-state index contributed by atoms with van der Waals surface area (Å²) in [7, 11) is 0. The predicted octanol–water partition coefficient (Wildman–Crippen LogP) is 2.31. The summed E-state index contributed by atoms with van der Waals surface area (Å²) in [6, 6.07) is 0. The third kappa shape index (κ3) is 5.79. The van der Waals surface area contributed by atoms with Gasteiger partial charge in [0.2, 0.25) is 5.91 Å². The maximum Gasteiger partial charge on any atom is 0.230 e. The second-order valence-electron chi connectivity index (χ2n) is 6.00. The van der Waals surface area contributed by atoms with Crippen molar-refractivity contribution in [1.82, 2.24) is 14.9 Å². The van der Waals surface area contributed by atoms with Crippen LogP contribution in [-0.4, -0.2) is 53.7 Å². The van der Waals surface area contributed by atoms with Crippen molar-refractivity contribution in [3.8, 4) is 0 Å². The fourth-order valence-corrected chi connectivity index (χ4v) is 3.60. The monoisotopic (exact) mass is 355 g/mol. The van der Waals surface area contributed by atoms with Gasteiger partial charge in [0.1, 0.15) is 0 Å². The summed E-state index contributed by atoms with van der Waals surface area (Å²) in [5.41, 5.74) is 2.18. The number of nitrogens with one attached hydrogen (secondary N) is 1. The van der Waals surface area contributed by atoms with Gasteiger partial charge in [-0.05, 0) is 40.0 Å². The summed E-state index contributed by atoms with van der Waals surface area (Å²) in [5, 5.41) is 3.83. The molecule has 1 amide bonds. The number of imidazole rings is 1. The normalized spacial score (nSPS) is 17.4. The fraction of sp³-hybridized carbons (Fsp3) is 0.765. The molecule has 1 aliphatic rings. The minimum absolute atomic E-state index is 0.0403. The van der Waals surface area contributed by atoms with Crippen LogP contribution >= 0.6 is 11.8 Å². The zero-order valence-electron chi connectivity index (χ0n) is 15.0. The molecule has 1 aromatic rings. The van der Waals surface area contributed by atoms with Crippen LogP contribution in [0, 0.1) is 13.8 Å². The average Bonchev–Trinajstić information content (AvgIpc) is 3.17. The van der Waals surface area contributed by atoms with Crippen molar-refractivity contribution >= 4 is 17.7 Å². The molecule has 1 N–H and O–H groups in total. The topological polar surface area (TPSA) is 65.4 Å². The van der Waals surface area contributed by atoms with Crippen LogP contribution in [-0.2, 0) is 20.8 Å². The Morgan fingerprint density at radius 2 is 2.33 bits per heavy atom. The van der Waals surface area contributed by atoms with Gasteiger partial charge in [-0.25, -0.2) is 4.98 Å². The summed E-state index contributed by atoms with van der Waals surface area (Å²) in [6.07, 6.45) is 3.34. The molecule has 2 heterocycles. The van der Waals surface area contributed by atoms with Gasteiger partial charge in [-0.3, -0.25) is 4.79 Å². The molecule has 6 nitrogen and oxygen atoms in total. The van der Waals surface area contributed by atoms with Crippen LogP contribution in [0.15, 0.2) is 5.16 Å². The number of rotatable bonds is 10. The van der Waals surface area contributed by atoms with E-state index in [-0.39, 0.29) is 12.0 Å². The summed E-state index contributed by atoms with van der Waals surface area (Å²) < 4.78 is 13.2. The highest BCUT2D eigenvalue weighted by Gasteiger charge is 2.20.